The van der Waals surface area contributed by atoms with Crippen molar-refractivity contribution in [2.24, 2.45) is 5.41 Å². The van der Waals surface area contributed by atoms with Crippen molar-refractivity contribution < 1.29 is 23.5 Å². The molecule has 0 unspecified atom stereocenters. The maximum absolute atomic E-state index is 13.1. The lowest BCUT2D eigenvalue weighted by atomic mass is 10.0. The Morgan fingerprint density at radius 2 is 1.49 bits per heavy atom. The van der Waals surface area contributed by atoms with E-state index in [0.717, 1.165) is 0 Å². The first-order valence-corrected chi connectivity index (χ1v) is 12.3. The Balaban J connectivity index is 1.29. The topological polar surface area (TPSA) is 121 Å². The number of carbonyl (C=O) groups excluding carboxylic acids is 3. The van der Waals surface area contributed by atoms with Gasteiger partial charge in [0.05, 0.1) is 11.1 Å². The Morgan fingerprint density at radius 3 is 2.05 bits per heavy atom. The van der Waals surface area contributed by atoms with Crippen LogP contribution in [0.2, 0.25) is 0 Å². The largest absolute Gasteiger partial charge is 0.457 e. The molecule has 3 aromatic carbocycles. The molecule has 10 heteroatoms. The highest BCUT2D eigenvalue weighted by Crippen LogP contribution is 2.47. The minimum Gasteiger partial charge on any atom is -0.457 e. The van der Waals surface area contributed by atoms with Crippen molar-refractivity contribution >= 4 is 45.7 Å². The van der Waals surface area contributed by atoms with Crippen molar-refractivity contribution in [3.63, 3.8) is 0 Å². The van der Waals surface area contributed by atoms with Crippen molar-refractivity contribution in [2.45, 2.75) is 12.8 Å². The van der Waals surface area contributed by atoms with Gasteiger partial charge in [0, 0.05) is 42.7 Å². The Labute approximate surface area is 223 Å². The van der Waals surface area contributed by atoms with Gasteiger partial charge in [-0.2, -0.15) is 0 Å². The van der Waals surface area contributed by atoms with Crippen LogP contribution in [0.15, 0.2) is 72.9 Å². The van der Waals surface area contributed by atoms with E-state index in [4.69, 9.17) is 4.74 Å². The molecule has 198 valence electrons. The van der Waals surface area contributed by atoms with Crippen molar-refractivity contribution in [3.8, 4) is 11.5 Å². The van der Waals surface area contributed by atoms with E-state index in [1.165, 1.54) is 24.3 Å². The zero-order valence-corrected chi connectivity index (χ0v) is 21.3. The monoisotopic (exact) mass is 527 g/mol. The Kier molecular flexibility index (Phi) is 6.84. The molecule has 1 fully saturated rings. The molecule has 0 radical (unpaired) electrons. The van der Waals surface area contributed by atoms with Crippen LogP contribution >= 0.6 is 0 Å². The number of fused-ring (bicyclic) bond motifs is 1. The summed E-state index contributed by atoms with van der Waals surface area (Å²) in [5.74, 6) is -0.454. The van der Waals surface area contributed by atoms with E-state index in [1.54, 1.807) is 62.8 Å². The molecule has 1 heterocycles. The van der Waals surface area contributed by atoms with E-state index in [-0.39, 0.29) is 5.91 Å². The number of hydrogen-bond acceptors (Lipinski definition) is 6. The van der Waals surface area contributed by atoms with Crippen LogP contribution in [-0.4, -0.2) is 36.8 Å². The number of halogens is 1. The molecule has 4 aromatic rings. The van der Waals surface area contributed by atoms with Gasteiger partial charge in [-0.05, 0) is 79.6 Å². The summed E-state index contributed by atoms with van der Waals surface area (Å²) in [6.45, 7) is 0. The summed E-state index contributed by atoms with van der Waals surface area (Å²) in [4.78, 5) is 42.5. The molecular formula is C29H26FN5O4. The third-order valence-electron chi connectivity index (χ3n) is 6.64. The molecular weight excluding hydrogens is 501 g/mol. The number of nitrogens with one attached hydrogen (secondary N) is 4. The number of hydrogen-bond donors (Lipinski definition) is 4. The van der Waals surface area contributed by atoms with Crippen molar-refractivity contribution in [2.75, 3.05) is 30.0 Å². The van der Waals surface area contributed by atoms with Crippen LogP contribution in [0.1, 0.15) is 23.2 Å². The van der Waals surface area contributed by atoms with Gasteiger partial charge in [0.15, 0.2) is 0 Å². The second kappa shape index (κ2) is 10.4. The van der Waals surface area contributed by atoms with Crippen molar-refractivity contribution in [1.29, 1.82) is 0 Å². The Bertz CT molecular complexity index is 1570. The zero-order valence-electron chi connectivity index (χ0n) is 21.3. The molecule has 3 amide bonds. The molecule has 4 N–H and O–H groups in total. The van der Waals surface area contributed by atoms with E-state index < -0.39 is 23.0 Å². The number of benzene rings is 3. The van der Waals surface area contributed by atoms with Gasteiger partial charge in [-0.3, -0.25) is 19.4 Å². The average molecular weight is 528 g/mol. The van der Waals surface area contributed by atoms with Crippen molar-refractivity contribution in [1.82, 2.24) is 10.3 Å². The smallest absolute Gasteiger partial charge is 0.253 e. The van der Waals surface area contributed by atoms with Gasteiger partial charge >= 0.3 is 0 Å². The van der Waals surface area contributed by atoms with Crippen LogP contribution in [0.4, 0.5) is 21.5 Å². The molecule has 0 atom stereocenters. The van der Waals surface area contributed by atoms with E-state index >= 15 is 0 Å². The predicted molar refractivity (Wildman–Crippen MR) is 147 cm³/mol. The highest BCUT2D eigenvalue weighted by Gasteiger charge is 2.56. The summed E-state index contributed by atoms with van der Waals surface area (Å²) in [5.41, 5.74) is 1.53. The first kappa shape index (κ1) is 25.7. The van der Waals surface area contributed by atoms with Gasteiger partial charge in [-0.25, -0.2) is 4.39 Å². The zero-order chi connectivity index (χ0) is 27.6. The molecule has 1 saturated carbocycles. The molecule has 1 aromatic heterocycles. The molecule has 5 rings (SSSR count). The molecule has 0 aliphatic heterocycles. The number of anilines is 3. The number of pyridine rings is 1. The second-order valence-corrected chi connectivity index (χ2v) is 9.18. The first-order valence-electron chi connectivity index (χ1n) is 12.3. The lowest BCUT2D eigenvalue weighted by Crippen LogP contribution is -2.35. The van der Waals surface area contributed by atoms with Crippen LogP contribution in [0.25, 0.3) is 10.9 Å². The quantitative estimate of drug-likeness (QED) is 0.241. The fourth-order valence-electron chi connectivity index (χ4n) is 4.24. The van der Waals surface area contributed by atoms with E-state index in [1.807, 2.05) is 0 Å². The van der Waals surface area contributed by atoms with Gasteiger partial charge < -0.3 is 26.0 Å². The summed E-state index contributed by atoms with van der Waals surface area (Å²) in [6, 6.07) is 17.4. The van der Waals surface area contributed by atoms with E-state index in [0.29, 0.717) is 57.9 Å². The fourth-order valence-corrected chi connectivity index (χ4v) is 4.24. The van der Waals surface area contributed by atoms with Crippen molar-refractivity contribution in [3.05, 3.63) is 84.3 Å². The summed E-state index contributed by atoms with van der Waals surface area (Å²) in [7, 11) is 3.30. The van der Waals surface area contributed by atoms with Crippen LogP contribution in [0, 0.1) is 11.2 Å². The Morgan fingerprint density at radius 1 is 0.872 bits per heavy atom. The molecule has 0 saturated heterocycles. The second-order valence-electron chi connectivity index (χ2n) is 9.18. The molecule has 39 heavy (non-hydrogen) atoms. The summed E-state index contributed by atoms with van der Waals surface area (Å²) < 4.78 is 19.2. The standard InChI is InChI=1S/C29H26FN5O4/c1-31-23-16-24-21(15-22(23)26(36)32-2)25(11-14-33-24)39-20-9-7-19(8-10-20)35-28(38)29(12-13-29)27(37)34-18-5-3-17(30)4-6-18/h3-11,14-16,31H,12-13H2,1-2H3,(H,32,36)(H,34,37)(H,35,38). The minimum absolute atomic E-state index is 0.240. The molecule has 1 aliphatic rings. The average Bonchev–Trinajstić information content (AvgIpc) is 3.77. The number of carbonyl (C=O) groups is 3. The van der Waals surface area contributed by atoms with Crippen LogP contribution in [0.3, 0.4) is 0 Å². The molecule has 9 nitrogen and oxygen atoms in total. The fraction of sp³-hybridized carbons (Fsp3) is 0.172. The highest BCUT2D eigenvalue weighted by molar-refractivity contribution is 6.17. The summed E-state index contributed by atoms with van der Waals surface area (Å²) in [6.07, 6.45) is 2.47. The number of nitrogens with zero attached hydrogens (tertiary/aromatic N) is 1. The predicted octanol–water partition coefficient (Wildman–Crippen LogP) is 4.92. The minimum atomic E-state index is -1.16. The van der Waals surface area contributed by atoms with Gasteiger partial charge in [0.2, 0.25) is 11.8 Å². The first-order chi connectivity index (χ1) is 18.8. The number of aromatic nitrogens is 1. The number of rotatable bonds is 8. The molecule has 0 bridgehead atoms. The normalized spacial score (nSPS) is 13.3. The number of amides is 3. The van der Waals surface area contributed by atoms with E-state index in [9.17, 15) is 18.8 Å². The van der Waals surface area contributed by atoms with Gasteiger partial charge in [-0.1, -0.05) is 0 Å². The lowest BCUT2D eigenvalue weighted by molar-refractivity contribution is -0.131. The lowest BCUT2D eigenvalue weighted by Gasteiger charge is -2.16. The van der Waals surface area contributed by atoms with Gasteiger partial charge in [-0.15, -0.1) is 0 Å². The van der Waals surface area contributed by atoms with Crippen LogP contribution < -0.4 is 26.0 Å². The van der Waals surface area contributed by atoms with Gasteiger partial charge in [0.25, 0.3) is 5.91 Å². The molecule has 0 spiro atoms. The summed E-state index contributed by atoms with van der Waals surface area (Å²) >= 11 is 0. The maximum atomic E-state index is 13.1. The van der Waals surface area contributed by atoms with E-state index in [2.05, 4.69) is 26.3 Å². The SMILES string of the molecule is CNC(=O)c1cc2c(Oc3ccc(NC(=O)C4(C(=O)Nc5ccc(F)cc5)CC4)cc3)ccnc2cc1NC. The third-order valence-corrected chi connectivity index (χ3v) is 6.64. The van der Waals surface area contributed by atoms with Crippen LogP contribution in [0.5, 0.6) is 11.5 Å². The number of ether oxygens (including phenoxy) is 1. The Hall–Kier alpha value is -4.99. The van der Waals surface area contributed by atoms with Crippen LogP contribution in [-0.2, 0) is 9.59 Å². The molecule has 1 aliphatic carbocycles. The summed E-state index contributed by atoms with van der Waals surface area (Å²) in [5, 5.41) is 11.8. The van der Waals surface area contributed by atoms with Gasteiger partial charge in [0.1, 0.15) is 22.7 Å². The maximum Gasteiger partial charge on any atom is 0.253 e. The highest BCUT2D eigenvalue weighted by atomic mass is 19.1. The third kappa shape index (κ3) is 5.22.